The van der Waals surface area contributed by atoms with Gasteiger partial charge in [0.2, 0.25) is 0 Å². The van der Waals surface area contributed by atoms with E-state index < -0.39 is 0 Å². The molecule has 0 bridgehead atoms. The van der Waals surface area contributed by atoms with Crippen LogP contribution in [0.15, 0.2) is 0 Å². The summed E-state index contributed by atoms with van der Waals surface area (Å²) in [4.78, 5) is 0. The van der Waals surface area contributed by atoms with Gasteiger partial charge in [0.15, 0.2) is 0 Å². The average molecular weight is 228 g/mol. The Morgan fingerprint density at radius 2 is 2.31 bits per heavy atom. The van der Waals surface area contributed by atoms with E-state index in [1.807, 2.05) is 0 Å². The first-order valence-electron chi connectivity index (χ1n) is 6.65. The summed E-state index contributed by atoms with van der Waals surface area (Å²) >= 11 is 0. The molecule has 0 aromatic rings. The second-order valence-electron chi connectivity index (χ2n) is 5.28. The summed E-state index contributed by atoms with van der Waals surface area (Å²) in [6.45, 7) is 4.15. The maximum Gasteiger partial charge on any atom is 0.0803 e. The zero-order chi connectivity index (χ0) is 11.4. The van der Waals surface area contributed by atoms with Crippen LogP contribution in [-0.2, 0) is 9.47 Å². The highest BCUT2D eigenvalue weighted by Crippen LogP contribution is 2.44. The van der Waals surface area contributed by atoms with Crippen LogP contribution in [0, 0.1) is 5.92 Å². The maximum atomic E-state index is 10.1. The van der Waals surface area contributed by atoms with E-state index in [0.717, 1.165) is 32.5 Å². The van der Waals surface area contributed by atoms with E-state index in [0.29, 0.717) is 12.5 Å². The fraction of sp³-hybridized carbons (Fsp3) is 1.00. The Morgan fingerprint density at radius 3 is 2.94 bits per heavy atom. The Balaban J connectivity index is 1.75. The maximum absolute atomic E-state index is 10.1. The van der Waals surface area contributed by atoms with Crippen LogP contribution in [0.1, 0.15) is 45.4 Å². The Labute approximate surface area is 98.1 Å². The number of aliphatic hydroxyl groups is 1. The highest BCUT2D eigenvalue weighted by Gasteiger charge is 2.43. The molecular formula is C13H24O3. The Hall–Kier alpha value is -0.120. The smallest absolute Gasteiger partial charge is 0.0803 e. The van der Waals surface area contributed by atoms with Gasteiger partial charge in [-0.1, -0.05) is 6.92 Å². The van der Waals surface area contributed by atoms with Gasteiger partial charge in [-0.25, -0.2) is 0 Å². The second kappa shape index (κ2) is 5.48. The third-order valence-corrected chi connectivity index (χ3v) is 3.98. The van der Waals surface area contributed by atoms with Crippen molar-refractivity contribution in [1.82, 2.24) is 0 Å². The summed E-state index contributed by atoms with van der Waals surface area (Å²) < 4.78 is 11.3. The highest BCUT2D eigenvalue weighted by atomic mass is 16.5. The van der Waals surface area contributed by atoms with Gasteiger partial charge in [-0.2, -0.15) is 0 Å². The van der Waals surface area contributed by atoms with Gasteiger partial charge in [-0.15, -0.1) is 0 Å². The molecule has 1 heterocycles. The van der Waals surface area contributed by atoms with E-state index in [1.165, 1.54) is 19.3 Å². The molecule has 2 aliphatic rings. The van der Waals surface area contributed by atoms with E-state index in [9.17, 15) is 5.11 Å². The molecule has 3 heteroatoms. The van der Waals surface area contributed by atoms with Crippen LogP contribution in [-0.4, -0.2) is 36.6 Å². The van der Waals surface area contributed by atoms with Crippen LogP contribution in [0.3, 0.4) is 0 Å². The number of hydrogen-bond acceptors (Lipinski definition) is 3. The molecule has 2 unspecified atom stereocenters. The predicted octanol–water partition coefficient (Wildman–Crippen LogP) is 2.12. The minimum atomic E-state index is -0.298. The zero-order valence-corrected chi connectivity index (χ0v) is 10.3. The standard InChI is InChI=1S/C13H24O3/c1-2-7-15-10-12(14)11-4-8-16-13(9-11)5-3-6-13/h11-12,14H,2-10H2,1H3. The van der Waals surface area contributed by atoms with Crippen LogP contribution in [0.2, 0.25) is 0 Å². The van der Waals surface area contributed by atoms with E-state index in [2.05, 4.69) is 6.92 Å². The van der Waals surface area contributed by atoms with E-state index in [-0.39, 0.29) is 11.7 Å². The van der Waals surface area contributed by atoms with Gasteiger partial charge in [0, 0.05) is 13.2 Å². The van der Waals surface area contributed by atoms with Crippen molar-refractivity contribution < 1.29 is 14.6 Å². The lowest BCUT2D eigenvalue weighted by atomic mass is 9.71. The van der Waals surface area contributed by atoms with Gasteiger partial charge in [0.25, 0.3) is 0 Å². The number of aliphatic hydroxyl groups excluding tert-OH is 1. The SMILES string of the molecule is CCCOCC(O)C1CCOC2(CCC2)C1. The summed E-state index contributed by atoms with van der Waals surface area (Å²) in [7, 11) is 0. The fourth-order valence-corrected chi connectivity index (χ4v) is 2.80. The van der Waals surface area contributed by atoms with Gasteiger partial charge < -0.3 is 14.6 Å². The van der Waals surface area contributed by atoms with Gasteiger partial charge in [-0.3, -0.25) is 0 Å². The summed E-state index contributed by atoms with van der Waals surface area (Å²) in [5.41, 5.74) is 0.134. The average Bonchev–Trinajstić information content (AvgIpc) is 2.27. The molecule has 1 spiro atoms. The molecular weight excluding hydrogens is 204 g/mol. The molecule has 0 radical (unpaired) electrons. The molecule has 2 rings (SSSR count). The summed E-state index contributed by atoms with van der Waals surface area (Å²) in [5, 5.41) is 10.1. The lowest BCUT2D eigenvalue weighted by Gasteiger charge is -2.48. The van der Waals surface area contributed by atoms with Crippen molar-refractivity contribution in [3.05, 3.63) is 0 Å². The number of hydrogen-bond donors (Lipinski definition) is 1. The molecule has 1 saturated heterocycles. The van der Waals surface area contributed by atoms with Crippen molar-refractivity contribution in [2.24, 2.45) is 5.92 Å². The molecule has 0 amide bonds. The third kappa shape index (κ3) is 2.76. The molecule has 16 heavy (non-hydrogen) atoms. The highest BCUT2D eigenvalue weighted by molar-refractivity contribution is 4.95. The number of rotatable bonds is 5. The summed E-state index contributed by atoms with van der Waals surface area (Å²) in [5.74, 6) is 0.380. The third-order valence-electron chi connectivity index (χ3n) is 3.98. The Kier molecular flexibility index (Phi) is 4.22. The first kappa shape index (κ1) is 12.3. The fourth-order valence-electron chi connectivity index (χ4n) is 2.80. The molecule has 1 aliphatic carbocycles. The lowest BCUT2D eigenvalue weighted by Crippen LogP contribution is -2.48. The van der Waals surface area contributed by atoms with Crippen molar-refractivity contribution in [1.29, 1.82) is 0 Å². The van der Waals surface area contributed by atoms with E-state index >= 15 is 0 Å². The molecule has 3 nitrogen and oxygen atoms in total. The molecule has 94 valence electrons. The second-order valence-corrected chi connectivity index (χ2v) is 5.28. The van der Waals surface area contributed by atoms with Crippen LogP contribution >= 0.6 is 0 Å². The van der Waals surface area contributed by atoms with Crippen LogP contribution in [0.25, 0.3) is 0 Å². The first-order chi connectivity index (χ1) is 7.76. The van der Waals surface area contributed by atoms with Crippen LogP contribution < -0.4 is 0 Å². The van der Waals surface area contributed by atoms with Crippen molar-refractivity contribution in [3.63, 3.8) is 0 Å². The molecule has 2 fully saturated rings. The minimum Gasteiger partial charge on any atom is -0.390 e. The van der Waals surface area contributed by atoms with Crippen molar-refractivity contribution >= 4 is 0 Å². The molecule has 1 N–H and O–H groups in total. The summed E-state index contributed by atoms with van der Waals surface area (Å²) in [6.07, 6.45) is 6.40. The van der Waals surface area contributed by atoms with Crippen molar-refractivity contribution in [2.45, 2.75) is 57.2 Å². The minimum absolute atomic E-state index is 0.134. The van der Waals surface area contributed by atoms with Gasteiger partial charge in [0.1, 0.15) is 0 Å². The summed E-state index contributed by atoms with van der Waals surface area (Å²) in [6, 6.07) is 0. The largest absolute Gasteiger partial charge is 0.390 e. The molecule has 0 aromatic heterocycles. The normalized spacial score (nSPS) is 30.0. The first-order valence-corrected chi connectivity index (χ1v) is 6.65. The van der Waals surface area contributed by atoms with Gasteiger partial charge in [0.05, 0.1) is 18.3 Å². The van der Waals surface area contributed by atoms with E-state index in [1.54, 1.807) is 0 Å². The number of ether oxygens (including phenoxy) is 2. The predicted molar refractivity (Wildman–Crippen MR) is 62.4 cm³/mol. The topological polar surface area (TPSA) is 38.7 Å². The van der Waals surface area contributed by atoms with Crippen molar-refractivity contribution in [3.8, 4) is 0 Å². The molecule has 1 aliphatic heterocycles. The van der Waals surface area contributed by atoms with Crippen LogP contribution in [0.5, 0.6) is 0 Å². The van der Waals surface area contributed by atoms with E-state index in [4.69, 9.17) is 9.47 Å². The molecule has 0 aromatic carbocycles. The van der Waals surface area contributed by atoms with Crippen LogP contribution in [0.4, 0.5) is 0 Å². The van der Waals surface area contributed by atoms with Gasteiger partial charge in [-0.05, 0) is 44.4 Å². The zero-order valence-electron chi connectivity index (χ0n) is 10.3. The van der Waals surface area contributed by atoms with Crippen molar-refractivity contribution in [2.75, 3.05) is 19.8 Å². The molecule has 2 atom stereocenters. The Bertz CT molecular complexity index is 213. The quantitative estimate of drug-likeness (QED) is 0.733. The monoisotopic (exact) mass is 228 g/mol. The van der Waals surface area contributed by atoms with Gasteiger partial charge >= 0.3 is 0 Å². The molecule has 1 saturated carbocycles. The lowest BCUT2D eigenvalue weighted by molar-refractivity contribution is -0.161. The Morgan fingerprint density at radius 1 is 1.50 bits per heavy atom.